The Balaban J connectivity index is 1.63. The molecule has 0 spiro atoms. The number of piperazine rings is 1. The van der Waals surface area contributed by atoms with Gasteiger partial charge in [-0.15, -0.1) is 0 Å². The number of hydrogen-bond donors (Lipinski definition) is 1. The first-order valence-electron chi connectivity index (χ1n) is 7.19. The van der Waals surface area contributed by atoms with Crippen molar-refractivity contribution in [2.24, 2.45) is 0 Å². The predicted molar refractivity (Wildman–Crippen MR) is 77.0 cm³/mol. The van der Waals surface area contributed by atoms with E-state index in [2.05, 4.69) is 9.80 Å². The van der Waals surface area contributed by atoms with Gasteiger partial charge in [-0.1, -0.05) is 12.1 Å². The Morgan fingerprint density at radius 2 is 1.76 bits per heavy atom. The average Bonchev–Trinajstić information content (AvgIpc) is 2.48. The maximum Gasteiger partial charge on any atom is 0.304 e. The van der Waals surface area contributed by atoms with E-state index in [0.717, 1.165) is 32.7 Å². The minimum Gasteiger partial charge on any atom is -0.489 e. The van der Waals surface area contributed by atoms with Crippen LogP contribution in [0.25, 0.3) is 0 Å². The second-order valence-corrected chi connectivity index (χ2v) is 5.11. The highest BCUT2D eigenvalue weighted by atomic mass is 19.1. The molecular weight excluding hydrogens is 275 g/mol. The molecule has 1 aromatic carbocycles. The van der Waals surface area contributed by atoms with Crippen LogP contribution in [0.2, 0.25) is 0 Å². The molecule has 1 aliphatic rings. The summed E-state index contributed by atoms with van der Waals surface area (Å²) < 4.78 is 18.8. The van der Waals surface area contributed by atoms with Gasteiger partial charge in [-0.25, -0.2) is 4.39 Å². The first-order chi connectivity index (χ1) is 10.1. The lowest BCUT2D eigenvalue weighted by molar-refractivity contribution is -0.137. The number of carbonyl (C=O) groups is 1. The molecule has 0 bridgehead atoms. The molecule has 1 N–H and O–H groups in total. The second kappa shape index (κ2) is 7.95. The van der Waals surface area contributed by atoms with E-state index < -0.39 is 5.97 Å². The number of carboxylic acid groups (broad SMARTS) is 1. The number of hydrogen-bond acceptors (Lipinski definition) is 4. The summed E-state index contributed by atoms with van der Waals surface area (Å²) in [5.41, 5.74) is 0. The Kier molecular flexibility index (Phi) is 5.95. The van der Waals surface area contributed by atoms with Crippen molar-refractivity contribution in [2.45, 2.75) is 6.42 Å². The molecule has 5 nitrogen and oxygen atoms in total. The Morgan fingerprint density at radius 3 is 2.38 bits per heavy atom. The quantitative estimate of drug-likeness (QED) is 0.822. The predicted octanol–water partition coefficient (Wildman–Crippen LogP) is 1.30. The zero-order valence-corrected chi connectivity index (χ0v) is 12.0. The van der Waals surface area contributed by atoms with E-state index in [1.165, 1.54) is 6.07 Å². The van der Waals surface area contributed by atoms with Crippen LogP contribution in [0, 0.1) is 5.82 Å². The van der Waals surface area contributed by atoms with E-state index in [-0.39, 0.29) is 18.0 Å². The van der Waals surface area contributed by atoms with Crippen molar-refractivity contribution in [1.29, 1.82) is 0 Å². The summed E-state index contributed by atoms with van der Waals surface area (Å²) in [4.78, 5) is 14.9. The summed E-state index contributed by atoms with van der Waals surface area (Å²) >= 11 is 0. The summed E-state index contributed by atoms with van der Waals surface area (Å²) in [6.45, 7) is 5.33. The number of carboxylic acids is 1. The molecule has 1 saturated heterocycles. The zero-order chi connectivity index (χ0) is 15.1. The van der Waals surface area contributed by atoms with Crippen LogP contribution in [0.3, 0.4) is 0 Å². The van der Waals surface area contributed by atoms with E-state index in [1.54, 1.807) is 18.2 Å². The fourth-order valence-electron chi connectivity index (χ4n) is 2.34. The van der Waals surface area contributed by atoms with Crippen LogP contribution < -0.4 is 4.74 Å². The fraction of sp³-hybridized carbons (Fsp3) is 0.533. The number of ether oxygens (including phenoxy) is 1. The Hall–Kier alpha value is -1.66. The van der Waals surface area contributed by atoms with Gasteiger partial charge >= 0.3 is 5.97 Å². The van der Waals surface area contributed by atoms with Crippen molar-refractivity contribution in [3.05, 3.63) is 30.1 Å². The maximum atomic E-state index is 13.4. The molecule has 1 aromatic rings. The highest BCUT2D eigenvalue weighted by Gasteiger charge is 2.17. The molecule has 1 fully saturated rings. The van der Waals surface area contributed by atoms with Crippen molar-refractivity contribution < 1.29 is 19.0 Å². The molecule has 0 aromatic heterocycles. The molecule has 0 radical (unpaired) electrons. The van der Waals surface area contributed by atoms with Gasteiger partial charge in [0.25, 0.3) is 0 Å². The lowest BCUT2D eigenvalue weighted by Crippen LogP contribution is -2.47. The molecule has 1 aliphatic heterocycles. The van der Waals surface area contributed by atoms with Gasteiger partial charge in [0.05, 0.1) is 6.42 Å². The molecule has 6 heteroatoms. The van der Waals surface area contributed by atoms with Crippen molar-refractivity contribution in [1.82, 2.24) is 9.80 Å². The fourth-order valence-corrected chi connectivity index (χ4v) is 2.34. The van der Waals surface area contributed by atoms with Crippen LogP contribution in [0.5, 0.6) is 5.75 Å². The average molecular weight is 296 g/mol. The van der Waals surface area contributed by atoms with E-state index in [9.17, 15) is 9.18 Å². The number of para-hydroxylation sites is 1. The van der Waals surface area contributed by atoms with E-state index >= 15 is 0 Å². The molecule has 0 aliphatic carbocycles. The highest BCUT2D eigenvalue weighted by Crippen LogP contribution is 2.15. The van der Waals surface area contributed by atoms with Gasteiger partial charge in [-0.2, -0.15) is 0 Å². The third-order valence-corrected chi connectivity index (χ3v) is 3.61. The van der Waals surface area contributed by atoms with Gasteiger partial charge in [-0.3, -0.25) is 9.69 Å². The SMILES string of the molecule is O=C(O)CCN1CCN(CCOc2ccccc2F)CC1. The minimum atomic E-state index is -0.754. The van der Waals surface area contributed by atoms with Gasteiger partial charge in [-0.05, 0) is 12.1 Å². The van der Waals surface area contributed by atoms with Crippen LogP contribution in [0.1, 0.15) is 6.42 Å². The van der Waals surface area contributed by atoms with Crippen molar-refractivity contribution in [3.8, 4) is 5.75 Å². The second-order valence-electron chi connectivity index (χ2n) is 5.11. The zero-order valence-electron chi connectivity index (χ0n) is 12.0. The minimum absolute atomic E-state index is 0.191. The standard InChI is InChI=1S/C15H21FN2O3/c16-13-3-1-2-4-14(13)21-12-11-18-9-7-17(8-10-18)6-5-15(19)20/h1-4H,5-12H2,(H,19,20). The Bertz CT molecular complexity index is 462. The molecule has 0 atom stereocenters. The number of nitrogens with zero attached hydrogens (tertiary/aromatic N) is 2. The van der Waals surface area contributed by atoms with Crippen LogP contribution in [-0.2, 0) is 4.79 Å². The summed E-state index contributed by atoms with van der Waals surface area (Å²) in [7, 11) is 0. The van der Waals surface area contributed by atoms with Gasteiger partial charge in [0.1, 0.15) is 6.61 Å². The van der Waals surface area contributed by atoms with Crippen molar-refractivity contribution >= 4 is 5.97 Å². The molecule has 0 amide bonds. The number of halogens is 1. The Morgan fingerprint density at radius 1 is 1.14 bits per heavy atom. The van der Waals surface area contributed by atoms with Crippen LogP contribution in [0.4, 0.5) is 4.39 Å². The third-order valence-electron chi connectivity index (χ3n) is 3.61. The molecular formula is C15H21FN2O3. The van der Waals surface area contributed by atoms with Crippen molar-refractivity contribution in [2.75, 3.05) is 45.9 Å². The number of rotatable bonds is 7. The summed E-state index contributed by atoms with van der Waals surface area (Å²) in [5, 5.41) is 8.66. The molecule has 116 valence electrons. The molecule has 1 heterocycles. The lowest BCUT2D eigenvalue weighted by Gasteiger charge is -2.34. The lowest BCUT2D eigenvalue weighted by atomic mass is 10.3. The van der Waals surface area contributed by atoms with Gasteiger partial charge in [0.15, 0.2) is 11.6 Å². The van der Waals surface area contributed by atoms with Crippen molar-refractivity contribution in [3.63, 3.8) is 0 Å². The topological polar surface area (TPSA) is 53.0 Å². The maximum absolute atomic E-state index is 13.4. The van der Waals surface area contributed by atoms with E-state index in [1.807, 2.05) is 0 Å². The van der Waals surface area contributed by atoms with E-state index in [4.69, 9.17) is 9.84 Å². The highest BCUT2D eigenvalue weighted by molar-refractivity contribution is 5.66. The molecule has 2 rings (SSSR count). The van der Waals surface area contributed by atoms with Crippen LogP contribution >= 0.6 is 0 Å². The molecule has 0 unspecified atom stereocenters. The molecule has 21 heavy (non-hydrogen) atoms. The number of benzene rings is 1. The molecule has 0 saturated carbocycles. The summed E-state index contributed by atoms with van der Waals surface area (Å²) in [6.07, 6.45) is 0.191. The van der Waals surface area contributed by atoms with Gasteiger partial charge in [0.2, 0.25) is 0 Å². The van der Waals surface area contributed by atoms with Gasteiger partial charge in [0, 0.05) is 39.3 Å². The smallest absolute Gasteiger partial charge is 0.304 e. The first kappa shape index (κ1) is 15.7. The third kappa shape index (κ3) is 5.32. The van der Waals surface area contributed by atoms with Gasteiger partial charge < -0.3 is 14.7 Å². The summed E-state index contributed by atoms with van der Waals surface area (Å²) in [5.74, 6) is -0.802. The largest absolute Gasteiger partial charge is 0.489 e. The normalized spacial score (nSPS) is 16.8. The monoisotopic (exact) mass is 296 g/mol. The Labute approximate surface area is 123 Å². The van der Waals surface area contributed by atoms with E-state index in [0.29, 0.717) is 13.2 Å². The van der Waals surface area contributed by atoms with Crippen LogP contribution in [-0.4, -0.2) is 66.8 Å². The first-order valence-corrected chi connectivity index (χ1v) is 7.19. The summed E-state index contributed by atoms with van der Waals surface area (Å²) in [6, 6.07) is 6.40. The van der Waals surface area contributed by atoms with Crippen LogP contribution in [0.15, 0.2) is 24.3 Å². The number of aliphatic carboxylic acids is 1.